The zero-order chi connectivity index (χ0) is 22.2. The average molecular weight is 428 g/mol. The van der Waals surface area contributed by atoms with Gasteiger partial charge in [-0.15, -0.1) is 5.10 Å². The van der Waals surface area contributed by atoms with Gasteiger partial charge < -0.3 is 14.2 Å². The number of carbonyl (C=O) groups is 1. The van der Waals surface area contributed by atoms with Gasteiger partial charge in [0.1, 0.15) is 11.4 Å². The number of hydrogen-bond donors (Lipinski definition) is 0. The molecule has 0 bridgehead atoms. The Labute approximate surface area is 186 Å². The summed E-state index contributed by atoms with van der Waals surface area (Å²) < 4.78 is 9.21. The number of imidazole rings is 1. The lowest BCUT2D eigenvalue weighted by molar-refractivity contribution is -0.132. The zero-order valence-electron chi connectivity index (χ0n) is 18.3. The Morgan fingerprint density at radius 2 is 1.97 bits per heavy atom. The molecule has 0 radical (unpaired) electrons. The van der Waals surface area contributed by atoms with E-state index in [2.05, 4.69) is 21.4 Å². The van der Waals surface area contributed by atoms with Crippen LogP contribution >= 0.6 is 0 Å². The van der Waals surface area contributed by atoms with Crippen molar-refractivity contribution in [3.63, 3.8) is 0 Å². The largest absolute Gasteiger partial charge is 0.495 e. The summed E-state index contributed by atoms with van der Waals surface area (Å²) in [6.45, 7) is 2.63. The van der Waals surface area contributed by atoms with Crippen molar-refractivity contribution in [1.82, 2.24) is 29.4 Å². The van der Waals surface area contributed by atoms with Gasteiger partial charge in [0.15, 0.2) is 6.04 Å². The number of benzene rings is 2. The Bertz CT molecular complexity index is 1290. The lowest BCUT2D eigenvalue weighted by Gasteiger charge is -2.20. The molecule has 32 heavy (non-hydrogen) atoms. The minimum atomic E-state index is -0.532. The molecule has 0 unspecified atom stereocenters. The number of methoxy groups -OCH3 is 1. The fourth-order valence-corrected chi connectivity index (χ4v) is 4.16. The normalized spacial score (nSPS) is 16.0. The Hall–Kier alpha value is -3.94. The summed E-state index contributed by atoms with van der Waals surface area (Å²) in [4.78, 5) is 19.2. The molecule has 0 saturated heterocycles. The molecule has 0 aliphatic carbocycles. The van der Waals surface area contributed by atoms with E-state index in [0.29, 0.717) is 18.0 Å². The molecule has 5 rings (SSSR count). The summed E-state index contributed by atoms with van der Waals surface area (Å²) in [7, 11) is 3.47. The van der Waals surface area contributed by atoms with Crippen LogP contribution in [0.4, 0.5) is 0 Å². The summed E-state index contributed by atoms with van der Waals surface area (Å²) >= 11 is 0. The van der Waals surface area contributed by atoms with Crippen molar-refractivity contribution >= 4 is 5.91 Å². The molecule has 8 heteroatoms. The van der Waals surface area contributed by atoms with Crippen LogP contribution in [0.25, 0.3) is 16.9 Å². The number of aromatic nitrogens is 5. The molecule has 2 aromatic carbocycles. The predicted molar refractivity (Wildman–Crippen MR) is 120 cm³/mol. The number of carbonyl (C=O) groups excluding carboxylic acids is 1. The lowest BCUT2D eigenvalue weighted by atomic mass is 9.99. The van der Waals surface area contributed by atoms with Crippen molar-refractivity contribution in [2.45, 2.75) is 19.4 Å². The number of nitrogens with zero attached hydrogens (tertiary/aromatic N) is 6. The Balaban J connectivity index is 1.53. The molecular weight excluding hydrogens is 404 g/mol. The Morgan fingerprint density at radius 3 is 2.75 bits per heavy atom. The Morgan fingerprint density at radius 1 is 1.12 bits per heavy atom. The maximum Gasteiger partial charge on any atom is 0.251 e. The first-order valence-electron chi connectivity index (χ1n) is 10.5. The van der Waals surface area contributed by atoms with E-state index in [9.17, 15) is 4.79 Å². The summed E-state index contributed by atoms with van der Waals surface area (Å²) in [5.41, 5.74) is 5.48. The van der Waals surface area contributed by atoms with Gasteiger partial charge in [0, 0.05) is 25.4 Å². The van der Waals surface area contributed by atoms with Gasteiger partial charge in [-0.25, -0.2) is 9.67 Å². The van der Waals surface area contributed by atoms with E-state index in [1.807, 2.05) is 67.3 Å². The number of amides is 1. The van der Waals surface area contributed by atoms with Crippen molar-refractivity contribution in [3.05, 3.63) is 78.0 Å². The van der Waals surface area contributed by atoms with Crippen molar-refractivity contribution in [3.8, 4) is 22.7 Å². The predicted octanol–water partition coefficient (Wildman–Crippen LogP) is 3.05. The highest BCUT2D eigenvalue weighted by molar-refractivity contribution is 5.84. The first-order chi connectivity index (χ1) is 15.5. The van der Waals surface area contributed by atoms with Gasteiger partial charge in [0.05, 0.1) is 31.0 Å². The fraction of sp³-hybridized carbons (Fsp3) is 0.250. The third-order valence-electron chi connectivity index (χ3n) is 5.92. The van der Waals surface area contributed by atoms with E-state index in [-0.39, 0.29) is 5.91 Å². The maximum atomic E-state index is 13.2. The van der Waals surface area contributed by atoms with Gasteiger partial charge in [-0.1, -0.05) is 35.5 Å². The van der Waals surface area contributed by atoms with Crippen LogP contribution in [-0.4, -0.2) is 56.1 Å². The number of aryl methyl sites for hydroxylation is 1. The van der Waals surface area contributed by atoms with Crippen LogP contribution in [0, 0.1) is 6.92 Å². The molecule has 3 heterocycles. The van der Waals surface area contributed by atoms with E-state index in [1.165, 1.54) is 0 Å². The van der Waals surface area contributed by atoms with Crippen LogP contribution in [0.5, 0.6) is 5.75 Å². The number of fused-ring (bicyclic) bond motifs is 1. The van der Waals surface area contributed by atoms with Crippen molar-refractivity contribution < 1.29 is 9.53 Å². The summed E-state index contributed by atoms with van der Waals surface area (Å²) in [5.74, 6) is 0.708. The molecular formula is C24H24N6O2. The first kappa shape index (κ1) is 20.0. The van der Waals surface area contributed by atoms with E-state index >= 15 is 0 Å². The standard InChI is InChI=1S/C24H24N6O2/c1-16-13-29(15-25-16)21-9-8-18(12-22(21)32-3)20-14-30(27-26-20)23-19-7-5-4-6-17(19)10-11-28(2)24(23)31/h4-9,12-15,23H,10-11H2,1-3H3/t23-/m1/s1. The lowest BCUT2D eigenvalue weighted by Crippen LogP contribution is -2.34. The van der Waals surface area contributed by atoms with Crippen LogP contribution < -0.4 is 4.74 Å². The first-order valence-corrected chi connectivity index (χ1v) is 10.5. The minimum Gasteiger partial charge on any atom is -0.495 e. The summed E-state index contributed by atoms with van der Waals surface area (Å²) in [6.07, 6.45) is 6.35. The van der Waals surface area contributed by atoms with E-state index < -0.39 is 6.04 Å². The van der Waals surface area contributed by atoms with Crippen LogP contribution in [0.2, 0.25) is 0 Å². The minimum absolute atomic E-state index is 0.00908. The third kappa shape index (κ3) is 3.43. The molecule has 0 fully saturated rings. The fourth-order valence-electron chi connectivity index (χ4n) is 4.16. The molecule has 1 amide bonds. The molecule has 2 aromatic heterocycles. The molecule has 0 N–H and O–H groups in total. The van der Waals surface area contributed by atoms with E-state index in [0.717, 1.165) is 34.5 Å². The quantitative estimate of drug-likeness (QED) is 0.499. The van der Waals surface area contributed by atoms with Gasteiger partial charge >= 0.3 is 0 Å². The second-order valence-electron chi connectivity index (χ2n) is 8.00. The van der Waals surface area contributed by atoms with Gasteiger partial charge in [-0.2, -0.15) is 0 Å². The molecule has 1 atom stereocenters. The van der Waals surface area contributed by atoms with Crippen LogP contribution in [0.15, 0.2) is 61.2 Å². The maximum absolute atomic E-state index is 13.2. The van der Waals surface area contributed by atoms with Crippen molar-refractivity contribution in [1.29, 1.82) is 0 Å². The van der Waals surface area contributed by atoms with Gasteiger partial charge in [0.2, 0.25) is 0 Å². The van der Waals surface area contributed by atoms with Crippen LogP contribution in [0.1, 0.15) is 22.9 Å². The molecule has 162 valence electrons. The number of likely N-dealkylation sites (N-methyl/N-ethyl adjacent to an activating group) is 1. The SMILES string of the molecule is COc1cc(-c2cn([C@H]3C(=O)N(C)CCc4ccccc43)nn2)ccc1-n1cnc(C)c1. The molecule has 1 aliphatic rings. The summed E-state index contributed by atoms with van der Waals surface area (Å²) in [5, 5.41) is 8.72. The van der Waals surface area contributed by atoms with Gasteiger partial charge in [-0.3, -0.25) is 4.79 Å². The summed E-state index contributed by atoms with van der Waals surface area (Å²) in [6, 6.07) is 13.4. The highest BCUT2D eigenvalue weighted by atomic mass is 16.5. The number of ether oxygens (including phenoxy) is 1. The molecule has 1 aliphatic heterocycles. The monoisotopic (exact) mass is 428 g/mol. The van der Waals surface area contributed by atoms with E-state index in [4.69, 9.17) is 4.74 Å². The van der Waals surface area contributed by atoms with Crippen molar-refractivity contribution in [2.24, 2.45) is 0 Å². The van der Waals surface area contributed by atoms with Gasteiger partial charge in [-0.05, 0) is 36.6 Å². The Kier molecular flexibility index (Phi) is 4.97. The molecule has 0 saturated carbocycles. The molecule has 8 nitrogen and oxygen atoms in total. The van der Waals surface area contributed by atoms with Crippen LogP contribution in [-0.2, 0) is 11.2 Å². The van der Waals surface area contributed by atoms with Crippen LogP contribution in [0.3, 0.4) is 0 Å². The number of rotatable bonds is 4. The van der Waals surface area contributed by atoms with Gasteiger partial charge in [0.25, 0.3) is 5.91 Å². The molecule has 0 spiro atoms. The topological polar surface area (TPSA) is 78.1 Å². The smallest absolute Gasteiger partial charge is 0.251 e. The van der Waals surface area contributed by atoms with Crippen molar-refractivity contribution in [2.75, 3.05) is 20.7 Å². The highest BCUT2D eigenvalue weighted by Crippen LogP contribution is 2.31. The zero-order valence-corrected chi connectivity index (χ0v) is 18.3. The molecule has 4 aromatic rings. The average Bonchev–Trinajstić information content (AvgIpc) is 3.44. The number of hydrogen-bond acceptors (Lipinski definition) is 5. The highest BCUT2D eigenvalue weighted by Gasteiger charge is 2.31. The third-order valence-corrected chi connectivity index (χ3v) is 5.92. The van der Waals surface area contributed by atoms with E-state index in [1.54, 1.807) is 23.0 Å². The second kappa shape index (κ2) is 7.96. The second-order valence-corrected chi connectivity index (χ2v) is 8.00.